The van der Waals surface area contributed by atoms with Crippen molar-refractivity contribution < 1.29 is 0 Å². The Morgan fingerprint density at radius 1 is 1.41 bits per heavy atom. The zero-order valence-electron chi connectivity index (χ0n) is 11.2. The molecule has 0 unspecified atom stereocenters. The van der Waals surface area contributed by atoms with E-state index in [4.69, 9.17) is 5.73 Å². The average molecular weight is 236 g/mol. The number of rotatable bonds is 2. The molecule has 17 heavy (non-hydrogen) atoms. The van der Waals surface area contributed by atoms with Crippen molar-refractivity contribution in [3.05, 3.63) is 11.4 Å². The molecule has 1 aliphatic heterocycles. The minimum atomic E-state index is 0.512. The van der Waals surface area contributed by atoms with Crippen LogP contribution in [0.2, 0.25) is 0 Å². The van der Waals surface area contributed by atoms with Crippen molar-refractivity contribution in [1.29, 1.82) is 0 Å². The highest BCUT2D eigenvalue weighted by molar-refractivity contribution is 5.55. The third-order valence-electron chi connectivity index (χ3n) is 4.08. The molecule has 3 N–H and O–H groups in total. The minimum Gasteiger partial charge on any atom is -0.366 e. The Labute approximate surface area is 104 Å². The summed E-state index contributed by atoms with van der Waals surface area (Å²) in [4.78, 5) is 2.50. The Balaban J connectivity index is 2.29. The van der Waals surface area contributed by atoms with Gasteiger partial charge in [-0.1, -0.05) is 6.42 Å². The Morgan fingerprint density at radius 2 is 2.18 bits per heavy atom. The first kappa shape index (κ1) is 12.4. The van der Waals surface area contributed by atoms with E-state index >= 15 is 0 Å². The molecule has 1 saturated heterocycles. The summed E-state index contributed by atoms with van der Waals surface area (Å²) >= 11 is 0. The summed E-state index contributed by atoms with van der Waals surface area (Å²) in [5, 5.41) is 7.39. The van der Waals surface area contributed by atoms with E-state index in [9.17, 15) is 0 Å². The molecule has 0 saturated carbocycles. The van der Waals surface area contributed by atoms with E-state index in [1.165, 1.54) is 30.6 Å². The molecule has 2 rings (SSSR count). The van der Waals surface area contributed by atoms with E-state index < -0.39 is 0 Å². The highest BCUT2D eigenvalue weighted by atomic mass is 15.2. The molecule has 1 aliphatic rings. The number of nitrogens with zero attached hydrogens (tertiary/aromatic N) is 2. The fourth-order valence-corrected chi connectivity index (χ4v) is 2.99. The molecule has 1 aromatic rings. The summed E-state index contributed by atoms with van der Waals surface area (Å²) in [6, 6.07) is 0.512. The predicted molar refractivity (Wildman–Crippen MR) is 71.3 cm³/mol. The van der Waals surface area contributed by atoms with Crippen LogP contribution in [0.5, 0.6) is 0 Å². The molecule has 0 radical (unpaired) electrons. The number of nitrogens with one attached hydrogen (secondary N) is 1. The second-order valence-corrected chi connectivity index (χ2v) is 5.21. The van der Waals surface area contributed by atoms with Crippen molar-refractivity contribution in [2.75, 3.05) is 18.0 Å². The summed E-state index contributed by atoms with van der Waals surface area (Å²) < 4.78 is 0. The molecule has 0 aliphatic carbocycles. The third-order valence-corrected chi connectivity index (χ3v) is 4.08. The highest BCUT2D eigenvalue weighted by Gasteiger charge is 2.27. The van der Waals surface area contributed by atoms with Gasteiger partial charge < -0.3 is 10.6 Å². The van der Waals surface area contributed by atoms with Gasteiger partial charge in [0.15, 0.2) is 0 Å². The van der Waals surface area contributed by atoms with Crippen LogP contribution >= 0.6 is 0 Å². The summed E-state index contributed by atoms with van der Waals surface area (Å²) in [7, 11) is 0. The van der Waals surface area contributed by atoms with Crippen LogP contribution in [0.1, 0.15) is 37.6 Å². The van der Waals surface area contributed by atoms with Crippen molar-refractivity contribution in [2.45, 2.75) is 46.1 Å². The maximum absolute atomic E-state index is 5.90. The van der Waals surface area contributed by atoms with Gasteiger partial charge in [-0.2, -0.15) is 5.10 Å². The fourth-order valence-electron chi connectivity index (χ4n) is 2.99. The van der Waals surface area contributed by atoms with E-state index in [0.717, 1.165) is 18.8 Å². The van der Waals surface area contributed by atoms with Crippen molar-refractivity contribution in [3.8, 4) is 0 Å². The smallest absolute Gasteiger partial charge is 0.0827 e. The van der Waals surface area contributed by atoms with Gasteiger partial charge in [-0.15, -0.1) is 0 Å². The van der Waals surface area contributed by atoms with Gasteiger partial charge in [0.25, 0.3) is 0 Å². The lowest BCUT2D eigenvalue weighted by Crippen LogP contribution is -2.40. The Bertz CT molecular complexity index is 352. The van der Waals surface area contributed by atoms with Gasteiger partial charge in [-0.25, -0.2) is 0 Å². The van der Waals surface area contributed by atoms with Crippen molar-refractivity contribution in [2.24, 2.45) is 11.7 Å². The first-order valence-electron chi connectivity index (χ1n) is 6.63. The Morgan fingerprint density at radius 3 is 2.76 bits per heavy atom. The van der Waals surface area contributed by atoms with Crippen LogP contribution in [0.25, 0.3) is 0 Å². The molecule has 0 bridgehead atoms. The average Bonchev–Trinajstić information content (AvgIpc) is 2.54. The van der Waals surface area contributed by atoms with E-state index in [1.807, 2.05) is 0 Å². The number of aryl methyl sites for hydroxylation is 2. The van der Waals surface area contributed by atoms with Crippen LogP contribution < -0.4 is 10.6 Å². The predicted octanol–water partition coefficient (Wildman–Crippen LogP) is 1.98. The molecule has 1 fully saturated rings. The topological polar surface area (TPSA) is 57.9 Å². The molecule has 4 nitrogen and oxygen atoms in total. The highest BCUT2D eigenvalue weighted by Crippen LogP contribution is 2.30. The number of hydrogen-bond acceptors (Lipinski definition) is 3. The molecule has 0 amide bonds. The molecule has 2 atom stereocenters. The summed E-state index contributed by atoms with van der Waals surface area (Å²) in [6.45, 7) is 8.39. The molecule has 1 aromatic heterocycles. The molecule has 2 heterocycles. The lowest BCUT2D eigenvalue weighted by atomic mass is 9.96. The molecule has 0 aromatic carbocycles. The first-order chi connectivity index (χ1) is 8.15. The van der Waals surface area contributed by atoms with E-state index in [1.54, 1.807) is 0 Å². The zero-order valence-corrected chi connectivity index (χ0v) is 11.2. The normalized spacial score (nSPS) is 26.0. The lowest BCUT2D eigenvalue weighted by molar-refractivity contribution is 0.423. The second kappa shape index (κ2) is 5.08. The van der Waals surface area contributed by atoms with Gasteiger partial charge in [-0.3, -0.25) is 5.10 Å². The van der Waals surface area contributed by atoms with Gasteiger partial charge in [0.2, 0.25) is 0 Å². The van der Waals surface area contributed by atoms with Crippen LogP contribution in [-0.4, -0.2) is 29.3 Å². The molecule has 0 spiro atoms. The van der Waals surface area contributed by atoms with Crippen LogP contribution in [0, 0.1) is 19.8 Å². The monoisotopic (exact) mass is 236 g/mol. The van der Waals surface area contributed by atoms with Crippen LogP contribution in [0.15, 0.2) is 0 Å². The minimum absolute atomic E-state index is 0.512. The quantitative estimate of drug-likeness (QED) is 0.825. The van der Waals surface area contributed by atoms with E-state index in [0.29, 0.717) is 12.0 Å². The Kier molecular flexibility index (Phi) is 3.72. The largest absolute Gasteiger partial charge is 0.366 e. The van der Waals surface area contributed by atoms with Gasteiger partial charge in [0.05, 0.1) is 17.1 Å². The third kappa shape index (κ3) is 2.32. The van der Waals surface area contributed by atoms with E-state index in [-0.39, 0.29) is 0 Å². The maximum Gasteiger partial charge on any atom is 0.0827 e. The van der Waals surface area contributed by atoms with Crippen LogP contribution in [-0.2, 0) is 0 Å². The number of aromatic nitrogens is 2. The number of nitrogens with two attached hydrogens (primary N) is 1. The van der Waals surface area contributed by atoms with Crippen molar-refractivity contribution in [3.63, 3.8) is 0 Å². The second-order valence-electron chi connectivity index (χ2n) is 5.21. The summed E-state index contributed by atoms with van der Waals surface area (Å²) in [6.07, 6.45) is 3.80. The lowest BCUT2D eigenvalue weighted by Gasteiger charge is -2.33. The van der Waals surface area contributed by atoms with E-state index in [2.05, 4.69) is 35.9 Å². The summed E-state index contributed by atoms with van der Waals surface area (Å²) in [5.74, 6) is 0.603. The zero-order chi connectivity index (χ0) is 12.4. The van der Waals surface area contributed by atoms with Crippen LogP contribution in [0.3, 0.4) is 0 Å². The number of anilines is 1. The molecular weight excluding hydrogens is 212 g/mol. The van der Waals surface area contributed by atoms with Gasteiger partial charge in [0, 0.05) is 12.6 Å². The maximum atomic E-state index is 5.90. The molecule has 4 heteroatoms. The SMILES string of the molecule is Cc1n[nH]c(C)c1N1CCCC[C@H](CN)[C@H]1C. The number of hydrogen-bond donors (Lipinski definition) is 2. The number of aromatic amines is 1. The molecule has 96 valence electrons. The Hall–Kier alpha value is -1.03. The number of H-pyrrole nitrogens is 1. The van der Waals surface area contributed by atoms with Crippen LogP contribution in [0.4, 0.5) is 5.69 Å². The van der Waals surface area contributed by atoms with Gasteiger partial charge >= 0.3 is 0 Å². The van der Waals surface area contributed by atoms with Gasteiger partial charge in [0.1, 0.15) is 0 Å². The summed E-state index contributed by atoms with van der Waals surface area (Å²) in [5.41, 5.74) is 9.47. The van der Waals surface area contributed by atoms with Crippen molar-refractivity contribution >= 4 is 5.69 Å². The standard InChI is InChI=1S/C13H24N4/c1-9-13(10(2)16-15-9)17-7-5-4-6-12(8-14)11(17)3/h11-12H,4-8,14H2,1-3H3,(H,15,16)/t11-,12-/m1/s1. The van der Waals surface area contributed by atoms with Gasteiger partial charge in [-0.05, 0) is 46.1 Å². The molecular formula is C13H24N4. The fraction of sp³-hybridized carbons (Fsp3) is 0.769. The first-order valence-corrected chi connectivity index (χ1v) is 6.63. The van der Waals surface area contributed by atoms with Crippen molar-refractivity contribution in [1.82, 2.24) is 10.2 Å².